The summed E-state index contributed by atoms with van der Waals surface area (Å²) in [6.45, 7) is 11.6. The third-order valence-corrected chi connectivity index (χ3v) is 10.3. The minimum absolute atomic E-state index is 0.182. The van der Waals surface area contributed by atoms with Crippen molar-refractivity contribution in [3.05, 3.63) is 23.8 Å². The van der Waals surface area contributed by atoms with Crippen molar-refractivity contribution < 1.29 is 39.1 Å². The van der Waals surface area contributed by atoms with Gasteiger partial charge in [0.2, 0.25) is 0 Å². The molecule has 6 aliphatic rings. The Morgan fingerprint density at radius 1 is 1.17 bits per heavy atom. The van der Waals surface area contributed by atoms with E-state index in [1.807, 2.05) is 6.92 Å². The number of aliphatic hydroxyl groups is 3. The Morgan fingerprint density at radius 3 is 2.56 bits per heavy atom. The summed E-state index contributed by atoms with van der Waals surface area (Å²) < 4.78 is 26.6. The molecule has 3 aliphatic heterocycles. The summed E-state index contributed by atoms with van der Waals surface area (Å²) in [5.41, 5.74) is -4.36. The number of ether oxygens (including phenoxy) is 4. The molecule has 0 unspecified atom stereocenters. The molecule has 0 aromatic rings. The molecule has 6 rings (SSSR count). The maximum Gasteiger partial charge on any atom is 0.284 e. The van der Waals surface area contributed by atoms with Crippen LogP contribution in [0.1, 0.15) is 72.6 Å². The molecule has 0 spiro atoms. The second kappa shape index (κ2) is 7.72. The first-order chi connectivity index (χ1) is 17.0. The molecule has 200 valence electrons. The van der Waals surface area contributed by atoms with Crippen LogP contribution in [0.4, 0.5) is 0 Å². The number of rotatable bonds is 8. The zero-order valence-electron chi connectivity index (χ0n) is 21.8. The van der Waals surface area contributed by atoms with Crippen molar-refractivity contribution in [2.24, 2.45) is 17.8 Å². The highest BCUT2D eigenvalue weighted by Crippen LogP contribution is 2.73. The number of carbonyl (C=O) groups excluding carboxylic acids is 1. The van der Waals surface area contributed by atoms with Gasteiger partial charge in [0, 0.05) is 18.3 Å². The number of carbonyl (C=O) groups is 1. The number of aliphatic hydroxyl groups excluding tert-OH is 2. The van der Waals surface area contributed by atoms with Crippen LogP contribution in [-0.4, -0.2) is 74.4 Å². The van der Waals surface area contributed by atoms with Crippen LogP contribution in [-0.2, 0) is 23.7 Å². The number of hydrogen-bond donors (Lipinski definition) is 3. The van der Waals surface area contributed by atoms with Gasteiger partial charge >= 0.3 is 0 Å². The van der Waals surface area contributed by atoms with Crippen LogP contribution >= 0.6 is 0 Å². The SMILES string of the molecule is C=C(C)[C@]12C[C@@H](C)[C@@]34O[C@](CCCCCCC)(O[C@@H]1[C@@H]3[C@@H]1O[C@]1(CO)[C@@H](O)[C@]1(O)C(=O)C(C)=C[C@H]14)O2. The summed E-state index contributed by atoms with van der Waals surface area (Å²) in [5, 5.41) is 34.0. The standard InChI is InChI=1S/C28H40O8/c1-6-7-8-9-10-11-26-34-21-19-22-25(14-29,33-22)23(31)27(32)18(12-16(4)20(27)30)28(19,36-26)17(5)13-24(21,35-26)15(2)3/h12,17-19,21-23,29,31-32H,2,6-11,13-14H2,1,3-5H3/t17-,18-,19-,21-,22+,23-,24-,25+,26-,27-,28+/m1/s1. The Hall–Kier alpha value is -1.13. The fourth-order valence-electron chi connectivity index (χ4n) is 8.48. The normalized spacial score (nSPS) is 54.0. The van der Waals surface area contributed by atoms with Gasteiger partial charge in [-0.2, -0.15) is 0 Å². The van der Waals surface area contributed by atoms with Crippen LogP contribution in [0, 0.1) is 17.8 Å². The molecule has 0 amide bonds. The van der Waals surface area contributed by atoms with Gasteiger partial charge in [-0.1, -0.05) is 52.2 Å². The fraction of sp³-hybridized carbons (Fsp3) is 0.821. The Balaban J connectivity index is 1.50. The summed E-state index contributed by atoms with van der Waals surface area (Å²) in [6.07, 6.45) is 5.35. The second-order valence-corrected chi connectivity index (χ2v) is 12.3. The fourth-order valence-corrected chi connectivity index (χ4v) is 8.48. The number of ketones is 1. The molecule has 5 fully saturated rings. The van der Waals surface area contributed by atoms with Gasteiger partial charge in [-0.3, -0.25) is 4.79 Å². The van der Waals surface area contributed by atoms with Crippen molar-refractivity contribution >= 4 is 5.78 Å². The van der Waals surface area contributed by atoms with Crippen LogP contribution in [0.2, 0.25) is 0 Å². The largest absolute Gasteiger partial charge is 0.393 e. The average Bonchev–Trinajstić information content (AvgIpc) is 3.48. The van der Waals surface area contributed by atoms with E-state index >= 15 is 0 Å². The Morgan fingerprint density at radius 2 is 1.89 bits per heavy atom. The van der Waals surface area contributed by atoms with Gasteiger partial charge in [0.1, 0.15) is 29.5 Å². The summed E-state index contributed by atoms with van der Waals surface area (Å²) >= 11 is 0. The van der Waals surface area contributed by atoms with Crippen LogP contribution in [0.3, 0.4) is 0 Å². The molecule has 8 heteroatoms. The lowest BCUT2D eigenvalue weighted by Gasteiger charge is -2.59. The molecule has 3 heterocycles. The van der Waals surface area contributed by atoms with Crippen LogP contribution in [0.5, 0.6) is 0 Å². The minimum Gasteiger partial charge on any atom is -0.393 e. The third-order valence-electron chi connectivity index (χ3n) is 10.3. The molecule has 0 radical (unpaired) electrons. The molecule has 0 aromatic heterocycles. The Labute approximate surface area is 212 Å². The highest BCUT2D eigenvalue weighted by Gasteiger charge is 2.88. The molecule has 36 heavy (non-hydrogen) atoms. The molecule has 3 bridgehead atoms. The van der Waals surface area contributed by atoms with Crippen molar-refractivity contribution in [1.29, 1.82) is 0 Å². The molecule has 8 nitrogen and oxygen atoms in total. The topological polar surface area (TPSA) is 118 Å². The lowest BCUT2D eigenvalue weighted by Crippen LogP contribution is -2.72. The van der Waals surface area contributed by atoms with Crippen LogP contribution < -0.4 is 0 Å². The summed E-state index contributed by atoms with van der Waals surface area (Å²) in [7, 11) is 0. The van der Waals surface area contributed by atoms with E-state index < -0.39 is 70.9 Å². The number of epoxide rings is 1. The van der Waals surface area contributed by atoms with Crippen molar-refractivity contribution in [2.45, 2.75) is 119 Å². The van der Waals surface area contributed by atoms with E-state index in [9.17, 15) is 20.1 Å². The molecular weight excluding hydrogens is 464 g/mol. The predicted octanol–water partition coefficient (Wildman–Crippen LogP) is 2.54. The highest BCUT2D eigenvalue weighted by atomic mass is 16.9. The van der Waals surface area contributed by atoms with Gasteiger partial charge in [-0.15, -0.1) is 0 Å². The number of fused-ring (bicyclic) bond motifs is 3. The quantitative estimate of drug-likeness (QED) is 0.262. The van der Waals surface area contributed by atoms with E-state index in [-0.39, 0.29) is 5.92 Å². The second-order valence-electron chi connectivity index (χ2n) is 12.3. The maximum absolute atomic E-state index is 13.5. The lowest BCUT2D eigenvalue weighted by atomic mass is 9.54. The Bertz CT molecular complexity index is 1030. The molecule has 0 aromatic carbocycles. The predicted molar refractivity (Wildman–Crippen MR) is 129 cm³/mol. The molecule has 11 atom stereocenters. The molecule has 3 aliphatic carbocycles. The van der Waals surface area contributed by atoms with Crippen molar-refractivity contribution in [3.63, 3.8) is 0 Å². The van der Waals surface area contributed by atoms with Gasteiger partial charge in [0.05, 0.1) is 12.2 Å². The van der Waals surface area contributed by atoms with Crippen LogP contribution in [0.15, 0.2) is 23.8 Å². The summed E-state index contributed by atoms with van der Waals surface area (Å²) in [6, 6.07) is 0. The van der Waals surface area contributed by atoms with Crippen molar-refractivity contribution in [1.82, 2.24) is 0 Å². The maximum atomic E-state index is 13.5. The molecule has 2 saturated carbocycles. The van der Waals surface area contributed by atoms with Crippen LogP contribution in [0.25, 0.3) is 0 Å². The number of hydrogen-bond acceptors (Lipinski definition) is 8. The smallest absolute Gasteiger partial charge is 0.284 e. The van der Waals surface area contributed by atoms with E-state index in [2.05, 4.69) is 20.4 Å². The third kappa shape index (κ3) is 2.72. The van der Waals surface area contributed by atoms with E-state index in [1.165, 1.54) is 6.42 Å². The monoisotopic (exact) mass is 504 g/mol. The van der Waals surface area contributed by atoms with Gasteiger partial charge in [0.25, 0.3) is 5.97 Å². The number of Topliss-reactive ketones (excluding diaryl/α,β-unsaturated/α-hetero) is 1. The average molecular weight is 505 g/mol. The van der Waals surface area contributed by atoms with E-state index in [0.717, 1.165) is 31.3 Å². The minimum atomic E-state index is -2.17. The van der Waals surface area contributed by atoms with E-state index in [1.54, 1.807) is 13.0 Å². The van der Waals surface area contributed by atoms with Gasteiger partial charge < -0.3 is 34.3 Å². The Kier molecular flexibility index (Phi) is 5.39. The van der Waals surface area contributed by atoms with Gasteiger partial charge in [-0.05, 0) is 43.8 Å². The summed E-state index contributed by atoms with van der Waals surface area (Å²) in [5.74, 6) is -3.37. The van der Waals surface area contributed by atoms with Gasteiger partial charge in [0.15, 0.2) is 11.4 Å². The number of unbranched alkanes of at least 4 members (excludes halogenated alkanes) is 4. The zero-order valence-corrected chi connectivity index (χ0v) is 21.8. The van der Waals surface area contributed by atoms with Crippen molar-refractivity contribution in [2.75, 3.05) is 6.61 Å². The first-order valence-electron chi connectivity index (χ1n) is 13.7. The summed E-state index contributed by atoms with van der Waals surface area (Å²) in [4.78, 5) is 13.5. The highest BCUT2D eigenvalue weighted by molar-refractivity contribution is 6.05. The molecule has 3 saturated heterocycles. The molecule has 3 N–H and O–H groups in total. The zero-order chi connectivity index (χ0) is 25.9. The van der Waals surface area contributed by atoms with E-state index in [0.29, 0.717) is 18.4 Å². The first kappa shape index (κ1) is 25.2. The first-order valence-corrected chi connectivity index (χ1v) is 13.7. The lowest BCUT2D eigenvalue weighted by molar-refractivity contribution is -0.430. The molecular formula is C28H40O8. The van der Waals surface area contributed by atoms with E-state index in [4.69, 9.17) is 18.9 Å². The van der Waals surface area contributed by atoms with Crippen molar-refractivity contribution in [3.8, 4) is 0 Å². The van der Waals surface area contributed by atoms with Gasteiger partial charge in [-0.25, -0.2) is 0 Å².